The largest absolute Gasteiger partial charge is 0.463 e. The molecule has 0 aromatic rings. The van der Waals surface area contributed by atoms with Gasteiger partial charge in [0.1, 0.15) is 0 Å². The van der Waals surface area contributed by atoms with E-state index < -0.39 is 10.1 Å². The predicted molar refractivity (Wildman–Crippen MR) is 57.8 cm³/mol. The topological polar surface area (TPSA) is 80.7 Å². The maximum absolute atomic E-state index is 10.4. The third kappa shape index (κ3) is 15.8. The van der Waals surface area contributed by atoms with Crippen LogP contribution in [0.2, 0.25) is 0 Å². The summed E-state index contributed by atoms with van der Waals surface area (Å²) >= 11 is 0. The van der Waals surface area contributed by atoms with E-state index in [0.717, 1.165) is 0 Å². The molecular formula is C9H17O5S. The summed E-state index contributed by atoms with van der Waals surface area (Å²) in [5.74, 6) is -0.556. The fourth-order valence-corrected chi connectivity index (χ4v) is 0.801. The SMILES string of the molecule is C=C(C)C(=O)OCC.[CH2]CCS(=O)(=O)O. The molecule has 0 bridgehead atoms. The lowest BCUT2D eigenvalue weighted by Crippen LogP contribution is -2.03. The van der Waals surface area contributed by atoms with Crippen molar-refractivity contribution in [2.75, 3.05) is 12.4 Å². The molecule has 0 fully saturated rings. The smallest absolute Gasteiger partial charge is 0.333 e. The summed E-state index contributed by atoms with van der Waals surface area (Å²) in [6, 6.07) is 0. The molecule has 1 radical (unpaired) electrons. The number of carbonyl (C=O) groups is 1. The minimum atomic E-state index is -3.74. The molecule has 0 aliphatic carbocycles. The minimum Gasteiger partial charge on any atom is -0.463 e. The van der Waals surface area contributed by atoms with Crippen LogP contribution in [-0.2, 0) is 19.6 Å². The van der Waals surface area contributed by atoms with Crippen molar-refractivity contribution in [2.45, 2.75) is 20.3 Å². The van der Waals surface area contributed by atoms with Crippen LogP contribution in [0.15, 0.2) is 12.2 Å². The van der Waals surface area contributed by atoms with E-state index in [4.69, 9.17) is 4.55 Å². The Morgan fingerprint density at radius 1 is 1.47 bits per heavy atom. The molecule has 6 heteroatoms. The van der Waals surface area contributed by atoms with Crippen LogP contribution in [0.1, 0.15) is 20.3 Å². The monoisotopic (exact) mass is 237 g/mol. The third-order valence-corrected chi connectivity index (χ3v) is 1.83. The van der Waals surface area contributed by atoms with Crippen molar-refractivity contribution in [3.05, 3.63) is 19.1 Å². The zero-order chi connectivity index (χ0) is 12.5. The lowest BCUT2D eigenvalue weighted by Gasteiger charge is -1.96. The molecule has 15 heavy (non-hydrogen) atoms. The first-order valence-corrected chi connectivity index (χ1v) is 5.92. The fourth-order valence-electron chi connectivity index (χ4n) is 0.437. The van der Waals surface area contributed by atoms with Crippen molar-refractivity contribution in [1.29, 1.82) is 0 Å². The maximum atomic E-state index is 10.4. The Hall–Kier alpha value is -0.880. The normalized spacial score (nSPS) is 9.87. The summed E-state index contributed by atoms with van der Waals surface area (Å²) < 4.78 is 32.0. The second-order valence-corrected chi connectivity index (χ2v) is 4.21. The van der Waals surface area contributed by atoms with Crippen LogP contribution in [0.4, 0.5) is 0 Å². The van der Waals surface area contributed by atoms with E-state index in [1.807, 2.05) is 0 Å². The van der Waals surface area contributed by atoms with Gasteiger partial charge < -0.3 is 4.74 Å². The number of hydrogen-bond donors (Lipinski definition) is 1. The number of ether oxygens (including phenoxy) is 1. The molecule has 89 valence electrons. The van der Waals surface area contributed by atoms with Gasteiger partial charge in [-0.1, -0.05) is 13.5 Å². The third-order valence-electron chi connectivity index (χ3n) is 1.03. The van der Waals surface area contributed by atoms with Crippen LogP contribution in [0.5, 0.6) is 0 Å². The van der Waals surface area contributed by atoms with E-state index in [9.17, 15) is 13.2 Å². The molecule has 0 aromatic heterocycles. The second kappa shape index (κ2) is 8.43. The van der Waals surface area contributed by atoms with E-state index in [2.05, 4.69) is 18.2 Å². The van der Waals surface area contributed by atoms with Crippen LogP contribution in [0, 0.1) is 6.92 Å². The second-order valence-electron chi connectivity index (χ2n) is 2.64. The first kappa shape index (κ1) is 16.5. The molecule has 0 rings (SSSR count). The Morgan fingerprint density at radius 3 is 2.00 bits per heavy atom. The molecule has 0 spiro atoms. The van der Waals surface area contributed by atoms with Crippen molar-refractivity contribution in [2.24, 2.45) is 0 Å². The highest BCUT2D eigenvalue weighted by Gasteiger charge is 1.98. The number of rotatable bonds is 4. The van der Waals surface area contributed by atoms with Gasteiger partial charge in [0.15, 0.2) is 0 Å². The van der Waals surface area contributed by atoms with Crippen LogP contribution >= 0.6 is 0 Å². The number of esters is 1. The molecule has 0 saturated carbocycles. The van der Waals surface area contributed by atoms with E-state index in [1.54, 1.807) is 13.8 Å². The lowest BCUT2D eigenvalue weighted by molar-refractivity contribution is -0.138. The Bertz CT molecular complexity index is 292. The van der Waals surface area contributed by atoms with Gasteiger partial charge in [0, 0.05) is 5.57 Å². The lowest BCUT2D eigenvalue weighted by atomic mass is 10.4. The van der Waals surface area contributed by atoms with Gasteiger partial charge in [0.05, 0.1) is 12.4 Å². The van der Waals surface area contributed by atoms with Crippen molar-refractivity contribution in [3.8, 4) is 0 Å². The van der Waals surface area contributed by atoms with E-state index in [0.29, 0.717) is 12.2 Å². The van der Waals surface area contributed by atoms with Gasteiger partial charge in [0.25, 0.3) is 10.1 Å². The van der Waals surface area contributed by atoms with Gasteiger partial charge in [-0.15, -0.1) is 0 Å². The summed E-state index contributed by atoms with van der Waals surface area (Å²) in [6.45, 7) is 10.4. The molecule has 0 aliphatic rings. The van der Waals surface area contributed by atoms with Crippen molar-refractivity contribution < 1.29 is 22.5 Å². The summed E-state index contributed by atoms with van der Waals surface area (Å²) in [6.07, 6.45) is 0.221. The predicted octanol–water partition coefficient (Wildman–Crippen LogP) is 1.22. The molecule has 0 amide bonds. The number of carbonyl (C=O) groups excluding carboxylic acids is 1. The molecule has 5 nitrogen and oxygen atoms in total. The highest BCUT2D eigenvalue weighted by molar-refractivity contribution is 7.85. The van der Waals surface area contributed by atoms with E-state index >= 15 is 0 Å². The summed E-state index contributed by atoms with van der Waals surface area (Å²) in [5.41, 5.74) is 0.451. The van der Waals surface area contributed by atoms with Gasteiger partial charge in [0.2, 0.25) is 0 Å². The average molecular weight is 237 g/mol. The summed E-state index contributed by atoms with van der Waals surface area (Å²) in [7, 11) is -3.74. The van der Waals surface area contributed by atoms with Gasteiger partial charge in [-0.05, 0) is 20.3 Å². The summed E-state index contributed by atoms with van der Waals surface area (Å²) in [4.78, 5) is 10.4. The highest BCUT2D eigenvalue weighted by Crippen LogP contribution is 1.89. The van der Waals surface area contributed by atoms with Crippen LogP contribution in [0.3, 0.4) is 0 Å². The Kier molecular flexibility index (Phi) is 9.30. The first-order chi connectivity index (χ1) is 6.74. The van der Waals surface area contributed by atoms with Crippen LogP contribution in [-0.4, -0.2) is 31.3 Å². The average Bonchev–Trinajstić information content (AvgIpc) is 2.03. The quantitative estimate of drug-likeness (QED) is 0.452. The van der Waals surface area contributed by atoms with Crippen molar-refractivity contribution in [1.82, 2.24) is 0 Å². The van der Waals surface area contributed by atoms with Crippen LogP contribution in [0.25, 0.3) is 0 Å². The maximum Gasteiger partial charge on any atom is 0.333 e. The Morgan fingerprint density at radius 2 is 1.93 bits per heavy atom. The Balaban J connectivity index is 0. The van der Waals surface area contributed by atoms with Crippen molar-refractivity contribution >= 4 is 16.1 Å². The fraction of sp³-hybridized carbons (Fsp3) is 0.556. The standard InChI is InChI=1S/C6H10O2.C3H7O3S/c1-4-8-6(7)5(2)3;1-2-3-7(4,5)6/h2,4H2,1,3H3;1-3H2,(H,4,5,6). The molecule has 1 N–H and O–H groups in total. The zero-order valence-electron chi connectivity index (χ0n) is 9.02. The first-order valence-electron chi connectivity index (χ1n) is 4.31. The summed E-state index contributed by atoms with van der Waals surface area (Å²) in [5, 5.41) is 0. The molecule has 0 aliphatic heterocycles. The molecule has 0 saturated heterocycles. The highest BCUT2D eigenvalue weighted by atomic mass is 32.2. The minimum absolute atomic E-state index is 0.221. The van der Waals surface area contributed by atoms with Gasteiger partial charge in [-0.3, -0.25) is 4.55 Å². The zero-order valence-corrected chi connectivity index (χ0v) is 9.84. The van der Waals surface area contributed by atoms with Gasteiger partial charge >= 0.3 is 5.97 Å². The molecule has 0 unspecified atom stereocenters. The Labute approximate surface area is 90.9 Å². The molecule has 0 atom stereocenters. The van der Waals surface area contributed by atoms with Gasteiger partial charge in [-0.25, -0.2) is 4.79 Å². The van der Waals surface area contributed by atoms with E-state index in [1.165, 1.54) is 0 Å². The number of hydrogen-bond acceptors (Lipinski definition) is 4. The van der Waals surface area contributed by atoms with Gasteiger partial charge in [-0.2, -0.15) is 8.42 Å². The van der Waals surface area contributed by atoms with E-state index in [-0.39, 0.29) is 18.1 Å². The molecular weight excluding hydrogens is 220 g/mol. The van der Waals surface area contributed by atoms with Crippen molar-refractivity contribution in [3.63, 3.8) is 0 Å². The molecule has 0 heterocycles. The van der Waals surface area contributed by atoms with Crippen LogP contribution < -0.4 is 0 Å². The molecule has 0 aromatic carbocycles.